The zero-order chi connectivity index (χ0) is 9.68. The van der Waals surface area contributed by atoms with E-state index in [1.807, 2.05) is 31.2 Å². The SMILES string of the molecule is [CH2]Cc1ccc(OC(C)OC)cc1. The van der Waals surface area contributed by atoms with Crippen LogP contribution in [0.2, 0.25) is 0 Å². The summed E-state index contributed by atoms with van der Waals surface area (Å²) in [6.45, 7) is 5.65. The number of benzene rings is 1. The summed E-state index contributed by atoms with van der Waals surface area (Å²) < 4.78 is 10.4. The Morgan fingerprint density at radius 2 is 1.92 bits per heavy atom. The maximum Gasteiger partial charge on any atom is 0.196 e. The van der Waals surface area contributed by atoms with Crippen molar-refractivity contribution in [3.8, 4) is 5.75 Å². The van der Waals surface area contributed by atoms with Gasteiger partial charge in [-0.2, -0.15) is 0 Å². The van der Waals surface area contributed by atoms with Crippen LogP contribution in [0.25, 0.3) is 0 Å². The van der Waals surface area contributed by atoms with Crippen molar-refractivity contribution in [2.75, 3.05) is 7.11 Å². The molecule has 2 nitrogen and oxygen atoms in total. The molecule has 0 saturated carbocycles. The predicted molar refractivity (Wildman–Crippen MR) is 52.6 cm³/mol. The smallest absolute Gasteiger partial charge is 0.196 e. The van der Waals surface area contributed by atoms with Gasteiger partial charge in [0.2, 0.25) is 0 Å². The standard InChI is InChI=1S/C11H15O2/c1-4-10-5-7-11(8-6-10)13-9(2)12-3/h5-9H,1,4H2,2-3H3. The molecule has 0 amide bonds. The van der Waals surface area contributed by atoms with Crippen molar-refractivity contribution in [3.63, 3.8) is 0 Å². The van der Waals surface area contributed by atoms with Gasteiger partial charge in [-0.05, 0) is 38.0 Å². The molecule has 71 valence electrons. The van der Waals surface area contributed by atoms with Crippen LogP contribution in [0, 0.1) is 6.92 Å². The summed E-state index contributed by atoms with van der Waals surface area (Å²) in [5.41, 5.74) is 1.21. The number of rotatable bonds is 4. The van der Waals surface area contributed by atoms with Gasteiger partial charge in [0.05, 0.1) is 0 Å². The largest absolute Gasteiger partial charge is 0.465 e. The van der Waals surface area contributed by atoms with E-state index in [-0.39, 0.29) is 6.29 Å². The molecule has 0 heterocycles. The quantitative estimate of drug-likeness (QED) is 0.661. The van der Waals surface area contributed by atoms with Gasteiger partial charge in [0, 0.05) is 7.11 Å². The monoisotopic (exact) mass is 179 g/mol. The molecule has 1 unspecified atom stereocenters. The number of hydrogen-bond donors (Lipinski definition) is 0. The molecule has 0 aliphatic rings. The van der Waals surface area contributed by atoms with Crippen LogP contribution in [0.1, 0.15) is 12.5 Å². The highest BCUT2D eigenvalue weighted by Crippen LogP contribution is 2.13. The Hall–Kier alpha value is -1.02. The van der Waals surface area contributed by atoms with Crippen molar-refractivity contribution in [3.05, 3.63) is 36.8 Å². The van der Waals surface area contributed by atoms with Gasteiger partial charge in [-0.15, -0.1) is 0 Å². The molecule has 13 heavy (non-hydrogen) atoms. The first-order valence-corrected chi connectivity index (χ1v) is 4.34. The molecule has 0 aliphatic heterocycles. The summed E-state index contributed by atoms with van der Waals surface area (Å²) in [6.07, 6.45) is 0.603. The second kappa shape index (κ2) is 4.87. The molecule has 2 heteroatoms. The summed E-state index contributed by atoms with van der Waals surface area (Å²) in [4.78, 5) is 0. The summed E-state index contributed by atoms with van der Waals surface area (Å²) in [7, 11) is 1.62. The normalized spacial score (nSPS) is 12.5. The molecule has 1 aromatic carbocycles. The van der Waals surface area contributed by atoms with E-state index in [0.29, 0.717) is 0 Å². The van der Waals surface area contributed by atoms with Crippen LogP contribution in [0.4, 0.5) is 0 Å². The maximum absolute atomic E-state index is 5.42. The first-order chi connectivity index (χ1) is 6.26. The molecule has 0 fully saturated rings. The molecule has 1 rings (SSSR count). The van der Waals surface area contributed by atoms with Crippen LogP contribution in [-0.4, -0.2) is 13.4 Å². The molecule has 0 aliphatic carbocycles. The van der Waals surface area contributed by atoms with E-state index in [9.17, 15) is 0 Å². The molecule has 0 aromatic heterocycles. The topological polar surface area (TPSA) is 18.5 Å². The van der Waals surface area contributed by atoms with E-state index in [4.69, 9.17) is 9.47 Å². The van der Waals surface area contributed by atoms with Crippen molar-refractivity contribution in [1.82, 2.24) is 0 Å². The lowest BCUT2D eigenvalue weighted by atomic mass is 10.2. The summed E-state index contributed by atoms with van der Waals surface area (Å²) in [6, 6.07) is 7.86. The van der Waals surface area contributed by atoms with Gasteiger partial charge in [0.1, 0.15) is 5.75 Å². The lowest BCUT2D eigenvalue weighted by Crippen LogP contribution is -2.13. The number of hydrogen-bond acceptors (Lipinski definition) is 2. The van der Waals surface area contributed by atoms with Gasteiger partial charge >= 0.3 is 0 Å². The highest BCUT2D eigenvalue weighted by Gasteiger charge is 2.00. The zero-order valence-corrected chi connectivity index (χ0v) is 8.12. The first kappa shape index (κ1) is 10.1. The first-order valence-electron chi connectivity index (χ1n) is 4.34. The Labute approximate surface area is 79.5 Å². The van der Waals surface area contributed by atoms with Gasteiger partial charge in [0.15, 0.2) is 6.29 Å². The van der Waals surface area contributed by atoms with Gasteiger partial charge in [-0.1, -0.05) is 12.1 Å². The Morgan fingerprint density at radius 1 is 1.31 bits per heavy atom. The van der Waals surface area contributed by atoms with E-state index in [2.05, 4.69) is 6.92 Å². The molecule has 0 saturated heterocycles. The van der Waals surface area contributed by atoms with Crippen LogP contribution in [0.3, 0.4) is 0 Å². The van der Waals surface area contributed by atoms with Crippen LogP contribution in [0.5, 0.6) is 5.75 Å². The maximum atomic E-state index is 5.42. The molecular weight excluding hydrogens is 164 g/mol. The Kier molecular flexibility index (Phi) is 3.77. The van der Waals surface area contributed by atoms with Crippen molar-refractivity contribution < 1.29 is 9.47 Å². The van der Waals surface area contributed by atoms with Crippen molar-refractivity contribution in [2.45, 2.75) is 19.6 Å². The number of methoxy groups -OCH3 is 1. The van der Waals surface area contributed by atoms with Crippen LogP contribution >= 0.6 is 0 Å². The van der Waals surface area contributed by atoms with Crippen LogP contribution in [0.15, 0.2) is 24.3 Å². The Balaban J connectivity index is 2.58. The summed E-state index contributed by atoms with van der Waals surface area (Å²) >= 11 is 0. The lowest BCUT2D eigenvalue weighted by Gasteiger charge is -2.12. The summed E-state index contributed by atoms with van der Waals surface area (Å²) in [5, 5.41) is 0. The van der Waals surface area contributed by atoms with E-state index in [0.717, 1.165) is 12.2 Å². The lowest BCUT2D eigenvalue weighted by molar-refractivity contribution is -0.0382. The fraction of sp³-hybridized carbons (Fsp3) is 0.364. The third kappa shape index (κ3) is 3.07. The molecule has 0 bridgehead atoms. The molecule has 1 radical (unpaired) electrons. The zero-order valence-electron chi connectivity index (χ0n) is 8.12. The molecular formula is C11H15O2. The highest BCUT2D eigenvalue weighted by molar-refractivity contribution is 5.27. The van der Waals surface area contributed by atoms with E-state index >= 15 is 0 Å². The van der Waals surface area contributed by atoms with Crippen molar-refractivity contribution in [1.29, 1.82) is 0 Å². The van der Waals surface area contributed by atoms with Crippen molar-refractivity contribution >= 4 is 0 Å². The van der Waals surface area contributed by atoms with Gasteiger partial charge in [0.25, 0.3) is 0 Å². The van der Waals surface area contributed by atoms with Gasteiger partial charge in [-0.3, -0.25) is 0 Å². The van der Waals surface area contributed by atoms with Gasteiger partial charge < -0.3 is 9.47 Å². The molecule has 0 N–H and O–H groups in total. The van der Waals surface area contributed by atoms with E-state index < -0.39 is 0 Å². The predicted octanol–water partition coefficient (Wildman–Crippen LogP) is 2.43. The second-order valence-electron chi connectivity index (χ2n) is 2.82. The fourth-order valence-corrected chi connectivity index (χ4v) is 0.974. The fourth-order valence-electron chi connectivity index (χ4n) is 0.974. The Morgan fingerprint density at radius 3 is 2.38 bits per heavy atom. The average Bonchev–Trinajstić information content (AvgIpc) is 2.19. The minimum atomic E-state index is -0.203. The second-order valence-corrected chi connectivity index (χ2v) is 2.82. The van der Waals surface area contributed by atoms with Crippen LogP contribution < -0.4 is 4.74 Å². The van der Waals surface area contributed by atoms with E-state index in [1.54, 1.807) is 7.11 Å². The van der Waals surface area contributed by atoms with E-state index in [1.165, 1.54) is 5.56 Å². The van der Waals surface area contributed by atoms with Crippen molar-refractivity contribution in [2.24, 2.45) is 0 Å². The molecule has 0 spiro atoms. The molecule has 1 atom stereocenters. The minimum Gasteiger partial charge on any atom is -0.465 e. The third-order valence-corrected chi connectivity index (χ3v) is 1.85. The van der Waals surface area contributed by atoms with Gasteiger partial charge in [-0.25, -0.2) is 0 Å². The van der Waals surface area contributed by atoms with Crippen LogP contribution in [-0.2, 0) is 11.2 Å². The Bertz CT molecular complexity index is 241. The number of ether oxygens (including phenoxy) is 2. The third-order valence-electron chi connectivity index (χ3n) is 1.85. The molecule has 1 aromatic rings. The highest BCUT2D eigenvalue weighted by atomic mass is 16.7. The minimum absolute atomic E-state index is 0.203. The average molecular weight is 179 g/mol. The summed E-state index contributed by atoms with van der Waals surface area (Å²) in [5.74, 6) is 0.826.